The van der Waals surface area contributed by atoms with Gasteiger partial charge in [0.1, 0.15) is 0 Å². The first kappa shape index (κ1) is 9.85. The normalized spacial score (nSPS) is 10.5. The Bertz CT molecular complexity index is 343. The Hall–Kier alpha value is -1.23. The summed E-state index contributed by atoms with van der Waals surface area (Å²) in [5.74, 6) is 0. The van der Waals surface area contributed by atoms with Gasteiger partial charge in [-0.3, -0.25) is 10.1 Å². The number of halogens is 3. The molecule has 0 aliphatic carbocycles. The second-order valence-electron chi connectivity index (χ2n) is 2.26. The molecule has 0 heterocycles. The number of alkyl halides is 2. The van der Waals surface area contributed by atoms with E-state index in [-0.39, 0.29) is 5.02 Å². The third-order valence-electron chi connectivity index (χ3n) is 1.42. The first-order valence-electron chi connectivity index (χ1n) is 3.24. The smallest absolute Gasteiger partial charge is 0.258 e. The van der Waals surface area contributed by atoms with Gasteiger partial charge in [-0.2, -0.15) is 0 Å². The second-order valence-corrected chi connectivity index (χ2v) is 2.70. The summed E-state index contributed by atoms with van der Waals surface area (Å²) in [6, 6.07) is 3.06. The molecule has 0 bridgehead atoms. The number of nitrogens with zero attached hydrogens (tertiary/aromatic N) is 1. The Balaban J connectivity index is 3.26. The van der Waals surface area contributed by atoms with E-state index in [4.69, 9.17) is 11.6 Å². The van der Waals surface area contributed by atoms with Gasteiger partial charge in [0.15, 0.2) is 0 Å². The van der Waals surface area contributed by atoms with Gasteiger partial charge in [-0.15, -0.1) is 0 Å². The van der Waals surface area contributed by atoms with Gasteiger partial charge in [0.2, 0.25) is 0 Å². The monoisotopic (exact) mass is 207 g/mol. The van der Waals surface area contributed by atoms with Crippen LogP contribution >= 0.6 is 11.6 Å². The van der Waals surface area contributed by atoms with E-state index >= 15 is 0 Å². The van der Waals surface area contributed by atoms with Crippen LogP contribution in [0.15, 0.2) is 18.2 Å². The maximum absolute atomic E-state index is 12.2. The average Bonchev–Trinajstić information content (AvgIpc) is 2.03. The lowest BCUT2D eigenvalue weighted by Gasteiger charge is -2.01. The molecule has 0 spiro atoms. The van der Waals surface area contributed by atoms with Gasteiger partial charge in [-0.05, 0) is 12.1 Å². The van der Waals surface area contributed by atoms with Gasteiger partial charge in [0.25, 0.3) is 12.1 Å². The van der Waals surface area contributed by atoms with Crippen molar-refractivity contribution in [2.24, 2.45) is 0 Å². The number of nitro groups is 1. The van der Waals surface area contributed by atoms with Crippen molar-refractivity contribution in [2.45, 2.75) is 6.43 Å². The summed E-state index contributed by atoms with van der Waals surface area (Å²) in [7, 11) is 0. The molecule has 0 unspecified atom stereocenters. The molecule has 6 heteroatoms. The van der Waals surface area contributed by atoms with Crippen LogP contribution in [-0.2, 0) is 0 Å². The number of hydrogen-bond acceptors (Lipinski definition) is 2. The van der Waals surface area contributed by atoms with Gasteiger partial charge >= 0.3 is 0 Å². The Kier molecular flexibility index (Phi) is 2.77. The average molecular weight is 208 g/mol. The van der Waals surface area contributed by atoms with E-state index in [1.807, 2.05) is 0 Å². The number of nitro benzene ring substituents is 1. The van der Waals surface area contributed by atoms with Gasteiger partial charge in [-0.25, -0.2) is 8.78 Å². The van der Waals surface area contributed by atoms with Crippen molar-refractivity contribution in [1.82, 2.24) is 0 Å². The molecule has 0 radical (unpaired) electrons. The fourth-order valence-corrected chi connectivity index (χ4v) is 1.05. The summed E-state index contributed by atoms with van der Waals surface area (Å²) < 4.78 is 24.4. The molecule has 13 heavy (non-hydrogen) atoms. The van der Waals surface area contributed by atoms with E-state index < -0.39 is 22.6 Å². The standard InChI is InChI=1S/C7H4ClF2NO2/c8-4-1-2-6(11(12)13)5(3-4)7(9)10/h1-3,7H. The quantitative estimate of drug-likeness (QED) is 0.552. The zero-order valence-corrected chi connectivity index (χ0v) is 6.96. The summed E-state index contributed by atoms with van der Waals surface area (Å²) in [5.41, 5.74) is -1.27. The number of hydrogen-bond donors (Lipinski definition) is 0. The molecule has 0 aliphatic rings. The lowest BCUT2D eigenvalue weighted by Crippen LogP contribution is -1.95. The largest absolute Gasteiger partial charge is 0.278 e. The summed E-state index contributed by atoms with van der Waals surface area (Å²) in [5, 5.41) is 10.3. The molecule has 0 aromatic heterocycles. The van der Waals surface area contributed by atoms with E-state index in [0.717, 1.165) is 12.1 Å². The maximum Gasteiger partial charge on any atom is 0.278 e. The molecule has 0 saturated carbocycles. The topological polar surface area (TPSA) is 43.1 Å². The summed E-state index contributed by atoms with van der Waals surface area (Å²) in [6.45, 7) is 0. The van der Waals surface area contributed by atoms with Crippen molar-refractivity contribution >= 4 is 17.3 Å². The molecular weight excluding hydrogens is 204 g/mol. The highest BCUT2D eigenvalue weighted by molar-refractivity contribution is 6.30. The molecule has 70 valence electrons. The van der Waals surface area contributed by atoms with Crippen LogP contribution in [0.3, 0.4) is 0 Å². The van der Waals surface area contributed by atoms with Crippen LogP contribution in [0.4, 0.5) is 14.5 Å². The highest BCUT2D eigenvalue weighted by Gasteiger charge is 2.21. The molecule has 1 aromatic carbocycles. The molecule has 3 nitrogen and oxygen atoms in total. The number of benzene rings is 1. The minimum atomic E-state index is -2.89. The van der Waals surface area contributed by atoms with E-state index in [2.05, 4.69) is 0 Å². The van der Waals surface area contributed by atoms with Crippen LogP contribution in [0, 0.1) is 10.1 Å². The molecule has 0 N–H and O–H groups in total. The molecule has 0 atom stereocenters. The Labute approximate surface area is 77.1 Å². The summed E-state index contributed by atoms with van der Waals surface area (Å²) in [4.78, 5) is 9.40. The zero-order chi connectivity index (χ0) is 10.0. The molecular formula is C7H4ClF2NO2. The fraction of sp³-hybridized carbons (Fsp3) is 0.143. The van der Waals surface area contributed by atoms with Crippen molar-refractivity contribution in [3.8, 4) is 0 Å². The third kappa shape index (κ3) is 2.12. The van der Waals surface area contributed by atoms with Crippen molar-refractivity contribution in [2.75, 3.05) is 0 Å². The molecule has 0 amide bonds. The van der Waals surface area contributed by atoms with Crippen LogP contribution < -0.4 is 0 Å². The minimum Gasteiger partial charge on any atom is -0.258 e. The van der Waals surface area contributed by atoms with Gasteiger partial charge in [-0.1, -0.05) is 11.6 Å². The second kappa shape index (κ2) is 3.66. The van der Waals surface area contributed by atoms with Crippen molar-refractivity contribution < 1.29 is 13.7 Å². The Morgan fingerprint density at radius 3 is 2.54 bits per heavy atom. The van der Waals surface area contributed by atoms with Crippen LogP contribution in [-0.4, -0.2) is 4.92 Å². The molecule has 0 fully saturated rings. The van der Waals surface area contributed by atoms with Crippen LogP contribution in [0.1, 0.15) is 12.0 Å². The predicted octanol–water partition coefficient (Wildman–Crippen LogP) is 3.19. The van der Waals surface area contributed by atoms with E-state index in [0.29, 0.717) is 0 Å². The van der Waals surface area contributed by atoms with Gasteiger partial charge in [0.05, 0.1) is 10.5 Å². The predicted molar refractivity (Wildman–Crippen MR) is 43.1 cm³/mol. The lowest BCUT2D eigenvalue weighted by molar-refractivity contribution is -0.386. The molecule has 1 rings (SSSR count). The lowest BCUT2D eigenvalue weighted by atomic mass is 10.2. The van der Waals surface area contributed by atoms with Crippen LogP contribution in [0.2, 0.25) is 5.02 Å². The first-order chi connectivity index (χ1) is 6.02. The maximum atomic E-state index is 12.2. The van der Waals surface area contributed by atoms with Gasteiger partial charge < -0.3 is 0 Å². The highest BCUT2D eigenvalue weighted by Crippen LogP contribution is 2.30. The first-order valence-corrected chi connectivity index (χ1v) is 3.62. The SMILES string of the molecule is O=[N+]([O-])c1ccc(Cl)cc1C(F)F. The highest BCUT2D eigenvalue weighted by atomic mass is 35.5. The van der Waals surface area contributed by atoms with Crippen molar-refractivity contribution in [1.29, 1.82) is 0 Å². The molecule has 0 aliphatic heterocycles. The van der Waals surface area contributed by atoms with Gasteiger partial charge in [0, 0.05) is 11.1 Å². The van der Waals surface area contributed by atoms with Crippen molar-refractivity contribution in [3.63, 3.8) is 0 Å². The minimum absolute atomic E-state index is 0.0564. The van der Waals surface area contributed by atoms with Crippen LogP contribution in [0.5, 0.6) is 0 Å². The van der Waals surface area contributed by atoms with E-state index in [1.165, 1.54) is 6.07 Å². The van der Waals surface area contributed by atoms with Crippen molar-refractivity contribution in [3.05, 3.63) is 38.9 Å². The Morgan fingerprint density at radius 2 is 2.08 bits per heavy atom. The summed E-state index contributed by atoms with van der Waals surface area (Å²) >= 11 is 5.41. The van der Waals surface area contributed by atoms with E-state index in [1.54, 1.807) is 0 Å². The summed E-state index contributed by atoms with van der Waals surface area (Å²) in [6.07, 6.45) is -2.89. The zero-order valence-electron chi connectivity index (χ0n) is 6.21. The Morgan fingerprint density at radius 1 is 1.46 bits per heavy atom. The third-order valence-corrected chi connectivity index (χ3v) is 1.66. The molecule has 0 saturated heterocycles. The fourth-order valence-electron chi connectivity index (χ4n) is 0.866. The van der Waals surface area contributed by atoms with E-state index in [9.17, 15) is 18.9 Å². The number of rotatable bonds is 2. The molecule has 1 aromatic rings. The van der Waals surface area contributed by atoms with Crippen LogP contribution in [0.25, 0.3) is 0 Å².